The van der Waals surface area contributed by atoms with Crippen molar-refractivity contribution in [3.63, 3.8) is 0 Å². The molecule has 5 nitrogen and oxygen atoms in total. The summed E-state index contributed by atoms with van der Waals surface area (Å²) in [5, 5.41) is 12.7. The lowest BCUT2D eigenvalue weighted by atomic mass is 9.95. The lowest BCUT2D eigenvalue weighted by Gasteiger charge is -2.31. The number of benzene rings is 2. The number of carbonyl (C=O) groups excluding carboxylic acids is 1. The number of aryl methyl sites for hydroxylation is 1. The highest BCUT2D eigenvalue weighted by atomic mass is 32.1. The van der Waals surface area contributed by atoms with E-state index in [0.717, 1.165) is 43.0 Å². The average Bonchev–Trinajstić information content (AvgIpc) is 3.18. The second kappa shape index (κ2) is 8.63. The van der Waals surface area contributed by atoms with Gasteiger partial charge >= 0.3 is 0 Å². The molecule has 0 atom stereocenters. The third-order valence-electron chi connectivity index (χ3n) is 5.12. The number of rotatable bonds is 5. The van der Waals surface area contributed by atoms with Gasteiger partial charge in [0.25, 0.3) is 0 Å². The number of carbonyl (C=O) groups is 1. The van der Waals surface area contributed by atoms with E-state index in [2.05, 4.69) is 51.6 Å². The molecule has 1 N–H and O–H groups in total. The van der Waals surface area contributed by atoms with Crippen molar-refractivity contribution in [2.45, 2.75) is 26.3 Å². The van der Waals surface area contributed by atoms with Crippen LogP contribution in [0, 0.1) is 12.8 Å². The van der Waals surface area contributed by atoms with Gasteiger partial charge in [-0.25, -0.2) is 0 Å². The largest absolute Gasteiger partial charge is 0.300 e. The molecule has 0 saturated carbocycles. The van der Waals surface area contributed by atoms with Crippen molar-refractivity contribution in [2.75, 3.05) is 18.4 Å². The van der Waals surface area contributed by atoms with Crippen LogP contribution >= 0.6 is 11.3 Å². The van der Waals surface area contributed by atoms with Gasteiger partial charge < -0.3 is 5.32 Å². The Balaban J connectivity index is 1.29. The minimum atomic E-state index is 0.0397. The molecule has 1 saturated heterocycles. The second-order valence-corrected chi connectivity index (χ2v) is 8.28. The van der Waals surface area contributed by atoms with Crippen molar-refractivity contribution in [2.24, 2.45) is 5.92 Å². The summed E-state index contributed by atoms with van der Waals surface area (Å²) in [5.41, 5.74) is 3.65. The fraction of sp³-hybridized carbons (Fsp3) is 0.318. The number of nitrogens with zero attached hydrogens (tertiary/aromatic N) is 3. The molecule has 2 heterocycles. The van der Waals surface area contributed by atoms with Crippen LogP contribution in [0.1, 0.15) is 24.0 Å². The van der Waals surface area contributed by atoms with E-state index < -0.39 is 0 Å². The number of hydrogen-bond acceptors (Lipinski definition) is 5. The summed E-state index contributed by atoms with van der Waals surface area (Å²) in [6.07, 6.45) is 1.75. The SMILES string of the molecule is Cc1cccc(CN2CCC(C(=O)Nc3nnc(-c4ccccc4)s3)CC2)c1. The van der Waals surface area contributed by atoms with Gasteiger partial charge in [-0.05, 0) is 38.4 Å². The van der Waals surface area contributed by atoms with Crippen LogP contribution in [0.15, 0.2) is 54.6 Å². The third-order valence-corrected chi connectivity index (χ3v) is 6.01. The van der Waals surface area contributed by atoms with Crippen LogP contribution in [0.2, 0.25) is 0 Å². The second-order valence-electron chi connectivity index (χ2n) is 7.31. The molecular formula is C22H24N4OS. The zero-order valence-electron chi connectivity index (χ0n) is 16.0. The topological polar surface area (TPSA) is 58.1 Å². The normalized spacial score (nSPS) is 15.5. The van der Waals surface area contributed by atoms with Gasteiger partial charge in [0, 0.05) is 18.0 Å². The number of amides is 1. The summed E-state index contributed by atoms with van der Waals surface area (Å²) >= 11 is 1.42. The van der Waals surface area contributed by atoms with Crippen LogP contribution in [0.25, 0.3) is 10.6 Å². The molecule has 0 unspecified atom stereocenters. The Labute approximate surface area is 169 Å². The summed E-state index contributed by atoms with van der Waals surface area (Å²) < 4.78 is 0. The molecular weight excluding hydrogens is 368 g/mol. The minimum Gasteiger partial charge on any atom is -0.300 e. The number of hydrogen-bond donors (Lipinski definition) is 1. The molecule has 1 fully saturated rings. The number of nitrogens with one attached hydrogen (secondary N) is 1. The van der Waals surface area contributed by atoms with Crippen molar-refractivity contribution in [3.05, 3.63) is 65.7 Å². The van der Waals surface area contributed by atoms with E-state index >= 15 is 0 Å². The maximum Gasteiger partial charge on any atom is 0.229 e. The predicted octanol–water partition coefficient (Wildman–Crippen LogP) is 4.36. The Bertz CT molecular complexity index is 932. The van der Waals surface area contributed by atoms with Gasteiger partial charge in [-0.3, -0.25) is 9.69 Å². The zero-order valence-corrected chi connectivity index (χ0v) is 16.8. The number of likely N-dealkylation sites (tertiary alicyclic amines) is 1. The Morgan fingerprint density at radius 2 is 1.89 bits per heavy atom. The first-order valence-corrected chi connectivity index (χ1v) is 10.5. The molecule has 28 heavy (non-hydrogen) atoms. The van der Waals surface area contributed by atoms with Crippen molar-refractivity contribution in [1.29, 1.82) is 0 Å². The summed E-state index contributed by atoms with van der Waals surface area (Å²) in [6, 6.07) is 18.5. The van der Waals surface area contributed by atoms with Gasteiger partial charge in [-0.2, -0.15) is 0 Å². The molecule has 4 rings (SSSR count). The predicted molar refractivity (Wildman–Crippen MR) is 113 cm³/mol. The van der Waals surface area contributed by atoms with Crippen LogP contribution in [-0.2, 0) is 11.3 Å². The van der Waals surface area contributed by atoms with Crippen molar-refractivity contribution >= 4 is 22.4 Å². The molecule has 2 aromatic carbocycles. The van der Waals surface area contributed by atoms with E-state index in [1.807, 2.05) is 30.3 Å². The molecule has 3 aromatic rings. The molecule has 0 radical (unpaired) electrons. The Morgan fingerprint density at radius 3 is 2.64 bits per heavy atom. The summed E-state index contributed by atoms with van der Waals surface area (Å²) in [7, 11) is 0. The van der Waals surface area contributed by atoms with Crippen LogP contribution in [0.4, 0.5) is 5.13 Å². The first-order chi connectivity index (χ1) is 13.7. The van der Waals surface area contributed by atoms with Crippen LogP contribution in [-0.4, -0.2) is 34.1 Å². The van der Waals surface area contributed by atoms with E-state index in [9.17, 15) is 4.79 Å². The Kier molecular flexibility index (Phi) is 5.78. The highest BCUT2D eigenvalue weighted by molar-refractivity contribution is 7.18. The van der Waals surface area contributed by atoms with Gasteiger partial charge in [-0.15, -0.1) is 10.2 Å². The molecule has 1 aromatic heterocycles. The fourth-order valence-electron chi connectivity index (χ4n) is 3.60. The van der Waals surface area contributed by atoms with E-state index in [0.29, 0.717) is 5.13 Å². The molecule has 1 amide bonds. The molecule has 0 bridgehead atoms. The molecule has 144 valence electrons. The number of aromatic nitrogens is 2. The van der Waals surface area contributed by atoms with Crippen molar-refractivity contribution < 1.29 is 4.79 Å². The zero-order chi connectivity index (χ0) is 19.3. The van der Waals surface area contributed by atoms with Gasteiger partial charge in [0.2, 0.25) is 11.0 Å². The van der Waals surface area contributed by atoms with Gasteiger partial charge in [0.05, 0.1) is 0 Å². The van der Waals surface area contributed by atoms with E-state index in [1.54, 1.807) is 0 Å². The summed E-state index contributed by atoms with van der Waals surface area (Å²) in [4.78, 5) is 15.1. The maximum absolute atomic E-state index is 12.6. The van der Waals surface area contributed by atoms with Gasteiger partial charge in [-0.1, -0.05) is 71.5 Å². The third kappa shape index (κ3) is 4.64. The Morgan fingerprint density at radius 1 is 1.11 bits per heavy atom. The van der Waals surface area contributed by atoms with Gasteiger partial charge in [0.15, 0.2) is 0 Å². The summed E-state index contributed by atoms with van der Waals surface area (Å²) in [5.74, 6) is 0.101. The van der Waals surface area contributed by atoms with Crippen molar-refractivity contribution in [3.8, 4) is 10.6 Å². The van der Waals surface area contributed by atoms with E-state index in [-0.39, 0.29) is 11.8 Å². The minimum absolute atomic E-state index is 0.0397. The molecule has 0 aliphatic carbocycles. The van der Waals surface area contributed by atoms with Crippen LogP contribution in [0.5, 0.6) is 0 Å². The molecule has 6 heteroatoms. The molecule has 1 aliphatic heterocycles. The van der Waals surface area contributed by atoms with Crippen molar-refractivity contribution in [1.82, 2.24) is 15.1 Å². The quantitative estimate of drug-likeness (QED) is 0.701. The van der Waals surface area contributed by atoms with E-state index in [1.165, 1.54) is 22.5 Å². The molecule has 1 aliphatic rings. The highest BCUT2D eigenvalue weighted by Gasteiger charge is 2.25. The fourth-order valence-corrected chi connectivity index (χ4v) is 4.35. The average molecular weight is 393 g/mol. The Hall–Kier alpha value is -2.57. The standard InChI is InChI=1S/C22H24N4OS/c1-16-6-5-7-17(14-16)15-26-12-10-18(11-13-26)20(27)23-22-25-24-21(28-22)19-8-3-2-4-9-19/h2-9,14,18H,10-13,15H2,1H3,(H,23,25,27). The van der Waals surface area contributed by atoms with Crippen LogP contribution in [0.3, 0.4) is 0 Å². The van der Waals surface area contributed by atoms with Crippen LogP contribution < -0.4 is 5.32 Å². The number of piperidine rings is 1. The molecule has 0 spiro atoms. The van der Waals surface area contributed by atoms with Gasteiger partial charge in [0.1, 0.15) is 5.01 Å². The maximum atomic E-state index is 12.6. The first-order valence-electron chi connectivity index (χ1n) is 9.65. The first kappa shape index (κ1) is 18.8. The lowest BCUT2D eigenvalue weighted by molar-refractivity contribution is -0.121. The lowest BCUT2D eigenvalue weighted by Crippen LogP contribution is -2.37. The highest BCUT2D eigenvalue weighted by Crippen LogP contribution is 2.27. The monoisotopic (exact) mass is 392 g/mol. The van der Waals surface area contributed by atoms with E-state index in [4.69, 9.17) is 0 Å². The number of anilines is 1. The smallest absolute Gasteiger partial charge is 0.229 e. The summed E-state index contributed by atoms with van der Waals surface area (Å²) in [6.45, 7) is 4.96.